The maximum atomic E-state index is 12.6. The molecule has 0 fully saturated rings. The van der Waals surface area contributed by atoms with Gasteiger partial charge in [0.15, 0.2) is 11.0 Å². The first-order chi connectivity index (χ1) is 16.2. The molecule has 2 amide bonds. The van der Waals surface area contributed by atoms with Gasteiger partial charge in [-0.3, -0.25) is 9.59 Å². The average molecular weight is 522 g/mol. The molecule has 2 N–H and O–H groups in total. The molecule has 0 saturated heterocycles. The van der Waals surface area contributed by atoms with Crippen LogP contribution < -0.4 is 10.6 Å². The number of rotatable bonds is 8. The van der Waals surface area contributed by atoms with Crippen molar-refractivity contribution in [3.63, 3.8) is 0 Å². The molecule has 0 spiro atoms. The van der Waals surface area contributed by atoms with Crippen molar-refractivity contribution in [2.45, 2.75) is 18.1 Å². The van der Waals surface area contributed by atoms with Crippen molar-refractivity contribution in [3.8, 4) is 0 Å². The van der Waals surface area contributed by atoms with Gasteiger partial charge in [0.05, 0.1) is 40.7 Å². The highest BCUT2D eigenvalue weighted by molar-refractivity contribution is 7.99. The highest BCUT2D eigenvalue weighted by Crippen LogP contribution is 2.23. The summed E-state index contributed by atoms with van der Waals surface area (Å²) in [6.45, 7) is 1.76. The molecule has 1 heterocycles. The number of methoxy groups -OCH3 is 1. The second-order valence-electron chi connectivity index (χ2n) is 7.09. The van der Waals surface area contributed by atoms with Crippen LogP contribution in [0.4, 0.5) is 5.69 Å². The first kappa shape index (κ1) is 25.5. The lowest BCUT2D eigenvalue weighted by molar-refractivity contribution is -0.113. The van der Waals surface area contributed by atoms with Gasteiger partial charge in [0, 0.05) is 12.1 Å². The van der Waals surface area contributed by atoms with Crippen LogP contribution in [0.25, 0.3) is 0 Å². The van der Waals surface area contributed by atoms with E-state index in [0.717, 1.165) is 11.8 Å². The van der Waals surface area contributed by atoms with Crippen LogP contribution >= 0.6 is 35.0 Å². The Bertz CT molecular complexity index is 1230. The molecule has 2 aromatic carbocycles. The SMILES string of the molecule is COC(=O)c1ccccc1NC(=O)CSc1nnc([C@H](C)NC(=O)c2ccc(Cl)cc2Cl)n1C. The number of aromatic nitrogens is 3. The van der Waals surface area contributed by atoms with Crippen LogP contribution in [0.2, 0.25) is 10.0 Å². The summed E-state index contributed by atoms with van der Waals surface area (Å²) in [5, 5.41) is 14.9. The molecular formula is C22H21Cl2N5O4S. The Morgan fingerprint density at radius 3 is 2.56 bits per heavy atom. The number of nitrogens with one attached hydrogen (secondary N) is 2. The van der Waals surface area contributed by atoms with Gasteiger partial charge in [-0.2, -0.15) is 0 Å². The first-order valence-electron chi connectivity index (χ1n) is 9.96. The Labute approximate surface area is 210 Å². The van der Waals surface area contributed by atoms with Crippen molar-refractivity contribution < 1.29 is 19.1 Å². The Balaban J connectivity index is 1.61. The van der Waals surface area contributed by atoms with Crippen molar-refractivity contribution in [1.29, 1.82) is 0 Å². The van der Waals surface area contributed by atoms with E-state index >= 15 is 0 Å². The van der Waals surface area contributed by atoms with Crippen LogP contribution in [0, 0.1) is 0 Å². The summed E-state index contributed by atoms with van der Waals surface area (Å²) in [5.74, 6) is -0.725. The van der Waals surface area contributed by atoms with Gasteiger partial charge in [0.2, 0.25) is 5.91 Å². The molecule has 1 aromatic heterocycles. The lowest BCUT2D eigenvalue weighted by Crippen LogP contribution is -2.28. The number of hydrogen-bond donors (Lipinski definition) is 2. The van der Waals surface area contributed by atoms with Gasteiger partial charge in [-0.15, -0.1) is 10.2 Å². The van der Waals surface area contributed by atoms with E-state index in [1.165, 1.54) is 13.2 Å². The van der Waals surface area contributed by atoms with E-state index in [-0.39, 0.29) is 28.2 Å². The molecule has 178 valence electrons. The first-order valence-corrected chi connectivity index (χ1v) is 11.7. The van der Waals surface area contributed by atoms with Crippen molar-refractivity contribution in [1.82, 2.24) is 20.1 Å². The summed E-state index contributed by atoms with van der Waals surface area (Å²) in [6.07, 6.45) is 0. The molecule has 0 aliphatic rings. The van der Waals surface area contributed by atoms with Gasteiger partial charge in [-0.25, -0.2) is 4.79 Å². The van der Waals surface area contributed by atoms with E-state index in [1.54, 1.807) is 54.9 Å². The van der Waals surface area contributed by atoms with Crippen molar-refractivity contribution in [2.24, 2.45) is 7.05 Å². The lowest BCUT2D eigenvalue weighted by Gasteiger charge is -2.14. The standard InChI is InChI=1S/C22H21Cl2N5O4S/c1-12(25-20(31)14-9-8-13(23)10-16(14)24)19-27-28-22(29(19)2)34-11-18(30)26-17-7-5-4-6-15(17)21(32)33-3/h4-10,12H,11H2,1-3H3,(H,25,31)(H,26,30)/t12-/m0/s1. The average Bonchev–Trinajstić information content (AvgIpc) is 3.17. The highest BCUT2D eigenvalue weighted by Gasteiger charge is 2.21. The van der Waals surface area contributed by atoms with Crippen molar-refractivity contribution >= 4 is 58.4 Å². The monoisotopic (exact) mass is 521 g/mol. The van der Waals surface area contributed by atoms with Crippen LogP contribution in [-0.2, 0) is 16.6 Å². The lowest BCUT2D eigenvalue weighted by atomic mass is 10.2. The number of para-hydroxylation sites is 1. The Morgan fingerprint density at radius 2 is 1.85 bits per heavy atom. The Hall–Kier alpha value is -3.08. The summed E-state index contributed by atoms with van der Waals surface area (Å²) in [6, 6.07) is 10.7. The summed E-state index contributed by atoms with van der Waals surface area (Å²) >= 11 is 13.2. The number of amides is 2. The van der Waals surface area contributed by atoms with E-state index in [0.29, 0.717) is 27.3 Å². The third-order valence-corrected chi connectivity index (χ3v) is 6.29. The predicted octanol–water partition coefficient (Wildman–Crippen LogP) is 4.13. The summed E-state index contributed by atoms with van der Waals surface area (Å²) in [5.41, 5.74) is 0.907. The number of hydrogen-bond acceptors (Lipinski definition) is 7. The number of esters is 1. The fourth-order valence-electron chi connectivity index (χ4n) is 3.04. The van der Waals surface area contributed by atoms with Crippen LogP contribution in [0.5, 0.6) is 0 Å². The smallest absolute Gasteiger partial charge is 0.339 e. The third kappa shape index (κ3) is 6.07. The van der Waals surface area contributed by atoms with Crippen molar-refractivity contribution in [3.05, 3.63) is 69.5 Å². The number of benzene rings is 2. The molecule has 12 heteroatoms. The number of carbonyl (C=O) groups is 3. The van der Waals surface area contributed by atoms with Crippen LogP contribution in [0.3, 0.4) is 0 Å². The number of thioether (sulfide) groups is 1. The predicted molar refractivity (Wildman–Crippen MR) is 130 cm³/mol. The molecular weight excluding hydrogens is 501 g/mol. The summed E-state index contributed by atoms with van der Waals surface area (Å²) in [4.78, 5) is 36.9. The number of halogens is 2. The summed E-state index contributed by atoms with van der Waals surface area (Å²) in [7, 11) is 3.01. The molecule has 3 rings (SSSR count). The molecule has 34 heavy (non-hydrogen) atoms. The fraction of sp³-hybridized carbons (Fsp3) is 0.227. The normalized spacial score (nSPS) is 11.6. The zero-order valence-corrected chi connectivity index (χ0v) is 20.8. The summed E-state index contributed by atoms with van der Waals surface area (Å²) < 4.78 is 6.43. The number of ether oxygens (including phenoxy) is 1. The van der Waals surface area contributed by atoms with E-state index in [2.05, 4.69) is 20.8 Å². The topological polar surface area (TPSA) is 115 Å². The minimum Gasteiger partial charge on any atom is -0.465 e. The minimum absolute atomic E-state index is 0.0304. The quantitative estimate of drug-likeness (QED) is 0.338. The van der Waals surface area contributed by atoms with E-state index in [1.807, 2.05) is 0 Å². The van der Waals surface area contributed by atoms with Crippen molar-refractivity contribution in [2.75, 3.05) is 18.2 Å². The van der Waals surface area contributed by atoms with Crippen LogP contribution in [-0.4, -0.2) is 45.4 Å². The molecule has 0 bridgehead atoms. The van der Waals surface area contributed by atoms with E-state index in [9.17, 15) is 14.4 Å². The van der Waals surface area contributed by atoms with E-state index < -0.39 is 12.0 Å². The molecule has 1 atom stereocenters. The van der Waals surface area contributed by atoms with E-state index in [4.69, 9.17) is 27.9 Å². The largest absolute Gasteiger partial charge is 0.465 e. The van der Waals surface area contributed by atoms with Gasteiger partial charge in [0.25, 0.3) is 5.91 Å². The third-order valence-electron chi connectivity index (χ3n) is 4.72. The number of anilines is 1. The molecule has 9 nitrogen and oxygen atoms in total. The fourth-order valence-corrected chi connectivity index (χ4v) is 4.25. The molecule has 3 aromatic rings. The van der Waals surface area contributed by atoms with Gasteiger partial charge >= 0.3 is 5.97 Å². The van der Waals surface area contributed by atoms with Gasteiger partial charge in [-0.1, -0.05) is 47.1 Å². The zero-order valence-electron chi connectivity index (χ0n) is 18.5. The number of carbonyl (C=O) groups excluding carboxylic acids is 3. The maximum Gasteiger partial charge on any atom is 0.339 e. The van der Waals surface area contributed by atoms with Gasteiger partial charge in [0.1, 0.15) is 0 Å². The highest BCUT2D eigenvalue weighted by atomic mass is 35.5. The Morgan fingerprint density at radius 1 is 1.12 bits per heavy atom. The molecule has 0 aliphatic carbocycles. The van der Waals surface area contributed by atoms with Crippen LogP contribution in [0.15, 0.2) is 47.6 Å². The molecule has 0 aliphatic heterocycles. The number of nitrogens with zero attached hydrogens (tertiary/aromatic N) is 3. The molecule has 0 unspecified atom stereocenters. The minimum atomic E-state index is -0.544. The maximum absolute atomic E-state index is 12.6. The second kappa shape index (κ2) is 11.4. The van der Waals surface area contributed by atoms with Gasteiger partial charge < -0.3 is 19.9 Å². The zero-order chi connectivity index (χ0) is 24.8. The molecule has 0 radical (unpaired) electrons. The van der Waals surface area contributed by atoms with Gasteiger partial charge in [-0.05, 0) is 37.3 Å². The Kier molecular flexibility index (Phi) is 8.54. The molecule has 0 saturated carbocycles. The second-order valence-corrected chi connectivity index (χ2v) is 8.88. The van der Waals surface area contributed by atoms with Crippen LogP contribution in [0.1, 0.15) is 39.5 Å².